The molecule has 4 nitrogen and oxygen atoms in total. The highest BCUT2D eigenvalue weighted by Crippen LogP contribution is 2.21. The lowest BCUT2D eigenvalue weighted by Crippen LogP contribution is -2.44. The summed E-state index contributed by atoms with van der Waals surface area (Å²) in [6.45, 7) is 4.28. The average molecular weight is 173 g/mol. The Morgan fingerprint density at radius 2 is 2.42 bits per heavy atom. The number of ether oxygens (including phenoxy) is 1. The molecule has 1 unspecified atom stereocenters. The van der Waals surface area contributed by atoms with Gasteiger partial charge in [-0.2, -0.15) is 0 Å². The Morgan fingerprint density at radius 1 is 1.75 bits per heavy atom. The molecule has 0 radical (unpaired) electrons. The molecule has 1 atom stereocenters. The second kappa shape index (κ2) is 3.31. The van der Waals surface area contributed by atoms with Crippen LogP contribution in [0.2, 0.25) is 0 Å². The van der Waals surface area contributed by atoms with Crippen molar-refractivity contribution in [1.82, 2.24) is 4.90 Å². The average Bonchev–Trinajstić information content (AvgIpc) is 2.24. The number of rotatable bonds is 3. The van der Waals surface area contributed by atoms with Crippen LogP contribution in [0.3, 0.4) is 0 Å². The summed E-state index contributed by atoms with van der Waals surface area (Å²) in [6.07, 6.45) is 1.49. The van der Waals surface area contributed by atoms with Crippen molar-refractivity contribution in [2.75, 3.05) is 13.2 Å². The Hall–Kier alpha value is -0.770. The predicted octanol–water partition coefficient (Wildman–Crippen LogP) is 0.947. The molecule has 1 aliphatic heterocycles. The van der Waals surface area contributed by atoms with Crippen LogP contribution in [0.1, 0.15) is 26.7 Å². The summed E-state index contributed by atoms with van der Waals surface area (Å²) in [7, 11) is 0. The van der Waals surface area contributed by atoms with Gasteiger partial charge < -0.3 is 9.84 Å². The third-order valence-electron chi connectivity index (χ3n) is 2.01. The minimum Gasteiger partial charge on any atom is -0.444 e. The number of nitrogens with zero attached hydrogens (tertiary/aromatic N) is 1. The molecule has 1 N–H and O–H groups in total. The highest BCUT2D eigenvalue weighted by molar-refractivity contribution is 5.70. The van der Waals surface area contributed by atoms with Crippen molar-refractivity contribution in [3.8, 4) is 0 Å². The summed E-state index contributed by atoms with van der Waals surface area (Å²) >= 11 is 0. The number of cyclic esters (lactones) is 1. The van der Waals surface area contributed by atoms with Crippen LogP contribution in [0, 0.1) is 0 Å². The van der Waals surface area contributed by atoms with Crippen molar-refractivity contribution < 1.29 is 14.6 Å². The van der Waals surface area contributed by atoms with E-state index >= 15 is 0 Å². The highest BCUT2D eigenvalue weighted by atomic mass is 16.6. The van der Waals surface area contributed by atoms with Crippen LogP contribution in [-0.2, 0) is 4.74 Å². The number of aliphatic hydroxyl groups is 1. The molecule has 1 saturated heterocycles. The summed E-state index contributed by atoms with van der Waals surface area (Å²) in [4.78, 5) is 12.4. The van der Waals surface area contributed by atoms with Crippen LogP contribution in [-0.4, -0.2) is 35.0 Å². The van der Waals surface area contributed by atoms with Gasteiger partial charge in [0.25, 0.3) is 0 Å². The normalized spacial score (nSPS) is 29.2. The molecule has 0 aromatic heterocycles. The summed E-state index contributed by atoms with van der Waals surface area (Å²) in [5.41, 5.74) is -1.10. The minimum atomic E-state index is -1.10. The van der Waals surface area contributed by atoms with Gasteiger partial charge in [0.15, 0.2) is 5.72 Å². The lowest BCUT2D eigenvalue weighted by atomic mass is 10.2. The smallest absolute Gasteiger partial charge is 0.412 e. The molecule has 12 heavy (non-hydrogen) atoms. The van der Waals surface area contributed by atoms with Crippen molar-refractivity contribution >= 4 is 6.09 Å². The lowest BCUT2D eigenvalue weighted by Gasteiger charge is -2.25. The van der Waals surface area contributed by atoms with E-state index in [1.165, 1.54) is 4.90 Å². The molecule has 1 rings (SSSR count). The van der Waals surface area contributed by atoms with Crippen LogP contribution in [0.5, 0.6) is 0 Å². The van der Waals surface area contributed by atoms with E-state index in [4.69, 9.17) is 4.74 Å². The number of unbranched alkanes of at least 4 members (excludes halogenated alkanes) is 1. The Kier molecular flexibility index (Phi) is 2.57. The first kappa shape index (κ1) is 9.32. The second-order valence-corrected chi connectivity index (χ2v) is 3.28. The lowest BCUT2D eigenvalue weighted by molar-refractivity contribution is -0.0451. The fourth-order valence-corrected chi connectivity index (χ4v) is 1.20. The van der Waals surface area contributed by atoms with E-state index < -0.39 is 11.8 Å². The van der Waals surface area contributed by atoms with Crippen LogP contribution in [0.25, 0.3) is 0 Å². The first-order valence-electron chi connectivity index (χ1n) is 4.24. The maximum atomic E-state index is 11.0. The van der Waals surface area contributed by atoms with Crippen LogP contribution in [0.15, 0.2) is 0 Å². The number of carbonyl (C=O) groups is 1. The third kappa shape index (κ3) is 1.69. The van der Waals surface area contributed by atoms with Gasteiger partial charge in [-0.1, -0.05) is 13.3 Å². The summed E-state index contributed by atoms with van der Waals surface area (Å²) < 4.78 is 4.71. The second-order valence-electron chi connectivity index (χ2n) is 3.28. The Bertz CT molecular complexity index is 179. The van der Waals surface area contributed by atoms with Gasteiger partial charge in [-0.25, -0.2) is 4.79 Å². The Balaban J connectivity index is 2.53. The Labute approximate surface area is 72.1 Å². The molecular weight excluding hydrogens is 158 g/mol. The molecule has 0 aromatic carbocycles. The zero-order valence-corrected chi connectivity index (χ0v) is 7.54. The van der Waals surface area contributed by atoms with Gasteiger partial charge in [0, 0.05) is 6.54 Å². The van der Waals surface area contributed by atoms with Gasteiger partial charge in [-0.05, 0) is 13.3 Å². The molecule has 1 aliphatic rings. The van der Waals surface area contributed by atoms with Crippen LogP contribution in [0.4, 0.5) is 4.79 Å². The standard InChI is InChI=1S/C8H15NO3/c1-3-4-5-9-7(10)12-6-8(9,2)11/h11H,3-6H2,1-2H3. The molecule has 1 amide bonds. The topological polar surface area (TPSA) is 49.8 Å². The van der Waals surface area contributed by atoms with Crippen molar-refractivity contribution in [2.24, 2.45) is 0 Å². The summed E-state index contributed by atoms with van der Waals surface area (Å²) in [5, 5.41) is 9.63. The van der Waals surface area contributed by atoms with E-state index in [2.05, 4.69) is 0 Å². The molecule has 0 aliphatic carbocycles. The van der Waals surface area contributed by atoms with Crippen molar-refractivity contribution in [3.05, 3.63) is 0 Å². The minimum absolute atomic E-state index is 0.0789. The van der Waals surface area contributed by atoms with Gasteiger partial charge in [-0.3, -0.25) is 4.90 Å². The van der Waals surface area contributed by atoms with Gasteiger partial charge in [0.2, 0.25) is 0 Å². The van der Waals surface area contributed by atoms with Gasteiger partial charge in [0.1, 0.15) is 6.61 Å². The van der Waals surface area contributed by atoms with E-state index in [-0.39, 0.29) is 6.61 Å². The SMILES string of the molecule is CCCCN1C(=O)OCC1(C)O. The zero-order chi connectivity index (χ0) is 9.19. The quantitative estimate of drug-likeness (QED) is 0.691. The zero-order valence-electron chi connectivity index (χ0n) is 7.54. The monoisotopic (exact) mass is 173 g/mol. The maximum Gasteiger partial charge on any atom is 0.412 e. The van der Waals surface area contributed by atoms with Crippen LogP contribution < -0.4 is 0 Å². The van der Waals surface area contributed by atoms with E-state index in [9.17, 15) is 9.90 Å². The third-order valence-corrected chi connectivity index (χ3v) is 2.01. The van der Waals surface area contributed by atoms with Gasteiger partial charge in [0.05, 0.1) is 0 Å². The first-order valence-corrected chi connectivity index (χ1v) is 4.24. The van der Waals surface area contributed by atoms with Crippen molar-refractivity contribution in [2.45, 2.75) is 32.4 Å². The largest absolute Gasteiger partial charge is 0.444 e. The highest BCUT2D eigenvalue weighted by Gasteiger charge is 2.41. The molecule has 1 fully saturated rings. The van der Waals surface area contributed by atoms with E-state index in [1.54, 1.807) is 6.92 Å². The van der Waals surface area contributed by atoms with Gasteiger partial charge >= 0.3 is 6.09 Å². The number of hydrogen-bond acceptors (Lipinski definition) is 3. The molecule has 0 aromatic rings. The maximum absolute atomic E-state index is 11.0. The van der Waals surface area contributed by atoms with E-state index in [0.717, 1.165) is 12.8 Å². The number of hydrogen-bond donors (Lipinski definition) is 1. The summed E-state index contributed by atoms with van der Waals surface area (Å²) in [5.74, 6) is 0. The van der Waals surface area contributed by atoms with E-state index in [1.807, 2.05) is 6.92 Å². The molecule has 1 heterocycles. The molecule has 0 saturated carbocycles. The van der Waals surface area contributed by atoms with E-state index in [0.29, 0.717) is 6.54 Å². The first-order chi connectivity index (χ1) is 5.58. The molecule has 4 heteroatoms. The molecular formula is C8H15NO3. The van der Waals surface area contributed by atoms with Crippen molar-refractivity contribution in [3.63, 3.8) is 0 Å². The fraction of sp³-hybridized carbons (Fsp3) is 0.875. The van der Waals surface area contributed by atoms with Crippen molar-refractivity contribution in [1.29, 1.82) is 0 Å². The Morgan fingerprint density at radius 3 is 2.83 bits per heavy atom. The molecule has 70 valence electrons. The predicted molar refractivity (Wildman–Crippen MR) is 43.6 cm³/mol. The van der Waals surface area contributed by atoms with Crippen LogP contribution >= 0.6 is 0 Å². The fourth-order valence-electron chi connectivity index (χ4n) is 1.20. The van der Waals surface area contributed by atoms with Gasteiger partial charge in [-0.15, -0.1) is 0 Å². The molecule has 0 spiro atoms. The summed E-state index contributed by atoms with van der Waals surface area (Å²) in [6, 6.07) is 0. The number of carbonyl (C=O) groups excluding carboxylic acids is 1. The number of amides is 1. The molecule has 0 bridgehead atoms.